The number of hydrogen-bond acceptors (Lipinski definition) is 3. The maximum absolute atomic E-state index is 14.1. The predicted molar refractivity (Wildman–Crippen MR) is 103 cm³/mol. The number of rotatable bonds is 6. The predicted octanol–water partition coefficient (Wildman–Crippen LogP) is 6.46. The van der Waals surface area contributed by atoms with Crippen molar-refractivity contribution in [2.45, 2.75) is 43.1 Å². The van der Waals surface area contributed by atoms with Gasteiger partial charge in [-0.15, -0.1) is 0 Å². The lowest BCUT2D eigenvalue weighted by Crippen LogP contribution is -2.61. The molecule has 202 valence electrons. The molecule has 1 N–H and O–H groups in total. The van der Waals surface area contributed by atoms with E-state index in [2.05, 4.69) is 0 Å². The summed E-state index contributed by atoms with van der Waals surface area (Å²) in [5.41, 5.74) is -4.78. The molecule has 1 aromatic heterocycles. The Bertz CT molecular complexity index is 1440. The molecule has 0 aliphatic rings. The van der Waals surface area contributed by atoms with Crippen molar-refractivity contribution in [3.63, 3.8) is 0 Å². The van der Waals surface area contributed by atoms with Crippen LogP contribution in [-0.2, 0) is 6.54 Å². The zero-order valence-corrected chi connectivity index (χ0v) is 17.6. The van der Waals surface area contributed by atoms with Gasteiger partial charge in [0.25, 0.3) is 11.3 Å². The molecule has 2 aromatic carbocycles. The van der Waals surface area contributed by atoms with Crippen LogP contribution in [0.25, 0.3) is 21.7 Å². The van der Waals surface area contributed by atoms with Gasteiger partial charge in [-0.1, -0.05) is 30.3 Å². The SMILES string of the molecule is O=C(c1c(O)c2ccc3ccccc3c2n(CCC(F)(F)C(F)(F)C(F)(F)C(F)(F)F)c1=O)C(F)(F)F. The average molecular weight is 553 g/mol. The third kappa shape index (κ3) is 4.35. The lowest BCUT2D eigenvalue weighted by Gasteiger charge is -2.33. The third-order valence-electron chi connectivity index (χ3n) is 5.47. The van der Waals surface area contributed by atoms with Crippen molar-refractivity contribution in [3.8, 4) is 5.75 Å². The maximum atomic E-state index is 14.1. The van der Waals surface area contributed by atoms with Crippen LogP contribution in [0.2, 0.25) is 0 Å². The van der Waals surface area contributed by atoms with Crippen molar-refractivity contribution in [2.24, 2.45) is 0 Å². The Kier molecular flexibility index (Phi) is 6.50. The first-order valence-electron chi connectivity index (χ1n) is 9.75. The summed E-state index contributed by atoms with van der Waals surface area (Å²) in [5.74, 6) is -24.9. The van der Waals surface area contributed by atoms with Gasteiger partial charge in [0.1, 0.15) is 11.3 Å². The molecule has 0 saturated heterocycles. The lowest BCUT2D eigenvalue weighted by atomic mass is 9.99. The molecule has 0 bridgehead atoms. The van der Waals surface area contributed by atoms with Gasteiger partial charge < -0.3 is 9.67 Å². The molecule has 0 saturated carbocycles. The van der Waals surface area contributed by atoms with Crippen molar-refractivity contribution in [1.82, 2.24) is 4.57 Å². The fourth-order valence-electron chi connectivity index (χ4n) is 3.59. The molecule has 0 aliphatic carbocycles. The maximum Gasteiger partial charge on any atom is 0.460 e. The molecule has 4 nitrogen and oxygen atoms in total. The second-order valence-corrected chi connectivity index (χ2v) is 7.79. The minimum atomic E-state index is -7.23. The molecule has 3 rings (SSSR count). The Balaban J connectivity index is 2.29. The van der Waals surface area contributed by atoms with E-state index in [0.29, 0.717) is 0 Å². The number of benzene rings is 2. The Labute approximate surface area is 196 Å². The van der Waals surface area contributed by atoms with Gasteiger partial charge >= 0.3 is 30.1 Å². The fourth-order valence-corrected chi connectivity index (χ4v) is 3.59. The molecule has 0 fully saturated rings. The Hall–Kier alpha value is -3.46. The number of pyridine rings is 1. The summed E-state index contributed by atoms with van der Waals surface area (Å²) >= 11 is 0. The van der Waals surface area contributed by atoms with E-state index in [1.165, 1.54) is 24.3 Å². The van der Waals surface area contributed by atoms with Crippen molar-refractivity contribution in [2.75, 3.05) is 0 Å². The molecule has 0 amide bonds. The summed E-state index contributed by atoms with van der Waals surface area (Å²) in [7, 11) is 0. The van der Waals surface area contributed by atoms with E-state index in [-0.39, 0.29) is 15.3 Å². The number of aromatic hydroxyl groups is 1. The first-order valence-corrected chi connectivity index (χ1v) is 9.75. The summed E-state index contributed by atoms with van der Waals surface area (Å²) in [6.07, 6.45) is -15.5. The molecular formula is C21H11F12NO3. The van der Waals surface area contributed by atoms with Crippen LogP contribution in [0.4, 0.5) is 52.7 Å². The number of aromatic nitrogens is 1. The minimum Gasteiger partial charge on any atom is -0.506 e. The fraction of sp³-hybridized carbons (Fsp3) is 0.333. The summed E-state index contributed by atoms with van der Waals surface area (Å²) in [5, 5.41) is 9.57. The van der Waals surface area contributed by atoms with Gasteiger partial charge in [0, 0.05) is 23.7 Å². The second-order valence-electron chi connectivity index (χ2n) is 7.79. The van der Waals surface area contributed by atoms with Gasteiger partial charge in [0.15, 0.2) is 0 Å². The third-order valence-corrected chi connectivity index (χ3v) is 5.47. The molecule has 0 unspecified atom stereocenters. The van der Waals surface area contributed by atoms with Crippen LogP contribution in [-0.4, -0.2) is 45.6 Å². The lowest BCUT2D eigenvalue weighted by molar-refractivity contribution is -0.396. The van der Waals surface area contributed by atoms with Gasteiger partial charge in [-0.05, 0) is 11.5 Å². The number of carbonyl (C=O) groups excluding carboxylic acids is 1. The highest BCUT2D eigenvalue weighted by Crippen LogP contribution is 2.54. The summed E-state index contributed by atoms with van der Waals surface area (Å²) in [6, 6.07) is 7.20. The highest BCUT2D eigenvalue weighted by molar-refractivity contribution is 6.12. The number of halogens is 12. The quantitative estimate of drug-likeness (QED) is 0.217. The number of fused-ring (bicyclic) bond motifs is 3. The largest absolute Gasteiger partial charge is 0.506 e. The highest BCUT2D eigenvalue weighted by Gasteiger charge is 2.81. The second kappa shape index (κ2) is 8.55. The van der Waals surface area contributed by atoms with Gasteiger partial charge in [-0.2, -0.15) is 52.7 Å². The number of carbonyl (C=O) groups is 1. The van der Waals surface area contributed by atoms with Gasteiger partial charge in [-0.25, -0.2) is 0 Å². The van der Waals surface area contributed by atoms with E-state index < -0.39 is 76.6 Å². The average Bonchev–Trinajstić information content (AvgIpc) is 2.76. The highest BCUT2D eigenvalue weighted by atomic mass is 19.4. The summed E-state index contributed by atoms with van der Waals surface area (Å²) in [6.45, 7) is -1.85. The van der Waals surface area contributed by atoms with Crippen molar-refractivity contribution in [1.29, 1.82) is 0 Å². The van der Waals surface area contributed by atoms with Crippen LogP contribution in [0.3, 0.4) is 0 Å². The van der Waals surface area contributed by atoms with Crippen LogP contribution in [0, 0.1) is 0 Å². The van der Waals surface area contributed by atoms with Crippen molar-refractivity contribution < 1.29 is 62.6 Å². The van der Waals surface area contributed by atoms with Crippen LogP contribution < -0.4 is 5.56 Å². The Morgan fingerprint density at radius 1 is 0.784 bits per heavy atom. The normalized spacial score (nSPS) is 13.9. The first-order chi connectivity index (χ1) is 16.7. The van der Waals surface area contributed by atoms with Crippen LogP contribution in [0.5, 0.6) is 5.75 Å². The van der Waals surface area contributed by atoms with Crippen LogP contribution >= 0.6 is 0 Å². The zero-order chi connectivity index (χ0) is 28.4. The van der Waals surface area contributed by atoms with E-state index in [4.69, 9.17) is 0 Å². The molecule has 1 heterocycles. The molecular weight excluding hydrogens is 542 g/mol. The van der Waals surface area contributed by atoms with Crippen molar-refractivity contribution in [3.05, 3.63) is 52.3 Å². The zero-order valence-electron chi connectivity index (χ0n) is 17.6. The number of Topliss-reactive ketones (excluding diaryl/α,β-unsaturated/α-hetero) is 1. The van der Waals surface area contributed by atoms with E-state index in [1.807, 2.05) is 0 Å². The van der Waals surface area contributed by atoms with E-state index in [0.717, 1.165) is 12.1 Å². The van der Waals surface area contributed by atoms with Gasteiger partial charge in [-0.3, -0.25) is 9.59 Å². The first kappa shape index (κ1) is 28.1. The van der Waals surface area contributed by atoms with E-state index in [1.54, 1.807) is 0 Å². The molecule has 16 heteroatoms. The topological polar surface area (TPSA) is 59.3 Å². The van der Waals surface area contributed by atoms with E-state index in [9.17, 15) is 67.4 Å². The Morgan fingerprint density at radius 2 is 1.35 bits per heavy atom. The number of alkyl halides is 12. The van der Waals surface area contributed by atoms with Crippen molar-refractivity contribution >= 4 is 27.5 Å². The number of nitrogens with zero attached hydrogens (tertiary/aromatic N) is 1. The molecule has 0 spiro atoms. The molecule has 0 atom stereocenters. The molecule has 0 radical (unpaired) electrons. The Morgan fingerprint density at radius 3 is 1.89 bits per heavy atom. The minimum absolute atomic E-state index is 0.0912. The smallest absolute Gasteiger partial charge is 0.460 e. The molecule has 3 aromatic rings. The standard InChI is InChI=1S/C21H11F12NO3/c22-17(23,19(27,28)20(29,30)21(31,32)33)7-8-34-13-10-4-2-1-3-9(10)5-6-11(13)14(35)12(16(34)37)15(36)18(24,25)26/h1-6,35H,7-8H2. The monoisotopic (exact) mass is 553 g/mol. The number of hydrogen-bond donors (Lipinski definition) is 1. The summed E-state index contributed by atoms with van der Waals surface area (Å²) in [4.78, 5) is 24.6. The number of ketones is 1. The number of aryl methyl sites for hydroxylation is 1. The molecule has 37 heavy (non-hydrogen) atoms. The van der Waals surface area contributed by atoms with Crippen LogP contribution in [0.15, 0.2) is 41.2 Å². The van der Waals surface area contributed by atoms with Gasteiger partial charge in [0.05, 0.1) is 5.52 Å². The van der Waals surface area contributed by atoms with E-state index >= 15 is 0 Å². The molecule has 0 aliphatic heterocycles. The van der Waals surface area contributed by atoms with Gasteiger partial charge in [0.2, 0.25) is 0 Å². The van der Waals surface area contributed by atoms with Crippen LogP contribution in [0.1, 0.15) is 16.8 Å². The summed E-state index contributed by atoms with van der Waals surface area (Å²) < 4.78 is 158.